The zero-order valence-electron chi connectivity index (χ0n) is 14.5. The van der Waals surface area contributed by atoms with Gasteiger partial charge in [0.1, 0.15) is 18.1 Å². The predicted octanol–water partition coefficient (Wildman–Crippen LogP) is 2.64. The van der Waals surface area contributed by atoms with E-state index in [1.165, 1.54) is 12.8 Å². The van der Waals surface area contributed by atoms with E-state index in [1.54, 1.807) is 7.11 Å². The summed E-state index contributed by atoms with van der Waals surface area (Å²) >= 11 is 0. The first-order valence-corrected chi connectivity index (χ1v) is 8.43. The van der Waals surface area contributed by atoms with Crippen LogP contribution >= 0.6 is 12.4 Å². The summed E-state index contributed by atoms with van der Waals surface area (Å²) in [6.07, 6.45) is 2.96. The number of hydrogen-bond donors (Lipinski definition) is 2. The van der Waals surface area contributed by atoms with E-state index in [0.717, 1.165) is 24.6 Å². The van der Waals surface area contributed by atoms with E-state index in [4.69, 9.17) is 9.47 Å². The summed E-state index contributed by atoms with van der Waals surface area (Å²) in [7, 11) is 1.64. The van der Waals surface area contributed by atoms with Crippen LogP contribution in [0.4, 0.5) is 0 Å². The Morgan fingerprint density at radius 2 is 1.88 bits per heavy atom. The zero-order valence-corrected chi connectivity index (χ0v) is 15.4. The molecule has 1 unspecified atom stereocenters. The van der Waals surface area contributed by atoms with Gasteiger partial charge in [-0.25, -0.2) is 0 Å². The summed E-state index contributed by atoms with van der Waals surface area (Å²) in [5.41, 5.74) is 0. The maximum absolute atomic E-state index is 12.0. The normalized spacial score (nSPS) is 15.9. The standard InChI is InChI=1S/C18H28N2O3.ClH/c1-14(15-7-9-19-10-8-15)13-18(21)20-11-12-23-17-5-3-16(22-2)4-6-17;/h3-6,14-15,19H,7-13H2,1-2H3,(H,20,21);1H. The van der Waals surface area contributed by atoms with E-state index in [2.05, 4.69) is 17.6 Å². The molecule has 1 aliphatic rings. The molecule has 1 heterocycles. The molecule has 5 nitrogen and oxygen atoms in total. The summed E-state index contributed by atoms with van der Waals surface area (Å²) in [4.78, 5) is 12.0. The first-order valence-electron chi connectivity index (χ1n) is 8.43. The highest BCUT2D eigenvalue weighted by Gasteiger charge is 2.21. The second-order valence-electron chi connectivity index (χ2n) is 6.14. The van der Waals surface area contributed by atoms with Crippen LogP contribution in [0.5, 0.6) is 11.5 Å². The summed E-state index contributed by atoms with van der Waals surface area (Å²) in [5.74, 6) is 2.81. The molecule has 1 fully saturated rings. The van der Waals surface area contributed by atoms with Crippen molar-refractivity contribution in [3.05, 3.63) is 24.3 Å². The zero-order chi connectivity index (χ0) is 16.5. The first-order chi connectivity index (χ1) is 11.2. The fourth-order valence-corrected chi connectivity index (χ4v) is 2.98. The molecule has 0 spiro atoms. The topological polar surface area (TPSA) is 59.6 Å². The molecule has 0 aliphatic carbocycles. The summed E-state index contributed by atoms with van der Waals surface area (Å²) in [6, 6.07) is 7.43. The van der Waals surface area contributed by atoms with Gasteiger partial charge in [0, 0.05) is 6.42 Å². The minimum atomic E-state index is 0. The Bertz CT molecular complexity index is 476. The van der Waals surface area contributed by atoms with Gasteiger partial charge in [-0.3, -0.25) is 4.79 Å². The quantitative estimate of drug-likeness (QED) is 0.703. The van der Waals surface area contributed by atoms with Gasteiger partial charge < -0.3 is 20.1 Å². The molecule has 1 amide bonds. The molecule has 1 saturated heterocycles. The summed E-state index contributed by atoms with van der Waals surface area (Å²) in [5, 5.41) is 6.30. The van der Waals surface area contributed by atoms with Crippen molar-refractivity contribution in [3.63, 3.8) is 0 Å². The molecule has 24 heavy (non-hydrogen) atoms. The molecule has 2 rings (SSSR count). The number of carbonyl (C=O) groups is 1. The van der Waals surface area contributed by atoms with Crippen molar-refractivity contribution >= 4 is 18.3 Å². The number of halogens is 1. The van der Waals surface area contributed by atoms with Crippen LogP contribution in [0.25, 0.3) is 0 Å². The van der Waals surface area contributed by atoms with E-state index >= 15 is 0 Å². The second kappa shape index (κ2) is 11.2. The Kier molecular flexibility index (Phi) is 9.57. The third-order valence-corrected chi connectivity index (χ3v) is 4.45. The number of piperidine rings is 1. The van der Waals surface area contributed by atoms with Crippen molar-refractivity contribution in [3.8, 4) is 11.5 Å². The van der Waals surface area contributed by atoms with Crippen molar-refractivity contribution < 1.29 is 14.3 Å². The fraction of sp³-hybridized carbons (Fsp3) is 0.611. The lowest BCUT2D eigenvalue weighted by molar-refractivity contribution is -0.122. The van der Waals surface area contributed by atoms with Gasteiger partial charge in [0.05, 0.1) is 13.7 Å². The van der Waals surface area contributed by atoms with Crippen molar-refractivity contribution in [2.24, 2.45) is 11.8 Å². The number of hydrogen-bond acceptors (Lipinski definition) is 4. The largest absolute Gasteiger partial charge is 0.497 e. The van der Waals surface area contributed by atoms with Gasteiger partial charge in [0.25, 0.3) is 0 Å². The number of benzene rings is 1. The molecule has 1 aliphatic heterocycles. The lowest BCUT2D eigenvalue weighted by atomic mass is 9.84. The lowest BCUT2D eigenvalue weighted by Gasteiger charge is -2.27. The van der Waals surface area contributed by atoms with Crippen molar-refractivity contribution in [1.29, 1.82) is 0 Å². The molecule has 1 atom stereocenters. The SMILES string of the molecule is COc1ccc(OCCNC(=O)CC(C)C2CCNCC2)cc1.Cl. The molecule has 1 aromatic rings. The molecule has 136 valence electrons. The smallest absolute Gasteiger partial charge is 0.220 e. The molecule has 0 radical (unpaired) electrons. The Morgan fingerprint density at radius 3 is 2.50 bits per heavy atom. The lowest BCUT2D eigenvalue weighted by Crippen LogP contribution is -2.34. The molecule has 0 aromatic heterocycles. The molecular weight excluding hydrogens is 328 g/mol. The van der Waals surface area contributed by atoms with Crippen LogP contribution in [0.2, 0.25) is 0 Å². The number of ether oxygens (including phenoxy) is 2. The van der Waals surface area contributed by atoms with Gasteiger partial charge in [-0.15, -0.1) is 12.4 Å². The molecule has 6 heteroatoms. The maximum atomic E-state index is 12.0. The van der Waals surface area contributed by atoms with Crippen LogP contribution in [-0.4, -0.2) is 39.3 Å². The number of amides is 1. The highest BCUT2D eigenvalue weighted by Crippen LogP contribution is 2.24. The van der Waals surface area contributed by atoms with Gasteiger partial charge >= 0.3 is 0 Å². The van der Waals surface area contributed by atoms with Crippen LogP contribution in [0.15, 0.2) is 24.3 Å². The van der Waals surface area contributed by atoms with E-state index in [9.17, 15) is 4.79 Å². The summed E-state index contributed by atoms with van der Waals surface area (Å²) < 4.78 is 10.7. The minimum absolute atomic E-state index is 0. The molecule has 1 aromatic carbocycles. The maximum Gasteiger partial charge on any atom is 0.220 e. The van der Waals surface area contributed by atoms with E-state index in [0.29, 0.717) is 31.4 Å². The summed E-state index contributed by atoms with van der Waals surface area (Å²) in [6.45, 7) is 5.34. The Hall–Kier alpha value is -1.46. The van der Waals surface area contributed by atoms with Crippen LogP contribution in [-0.2, 0) is 4.79 Å². The Morgan fingerprint density at radius 1 is 1.25 bits per heavy atom. The number of methoxy groups -OCH3 is 1. The third-order valence-electron chi connectivity index (χ3n) is 4.45. The van der Waals surface area contributed by atoms with Crippen LogP contribution in [0.3, 0.4) is 0 Å². The average Bonchev–Trinajstić information content (AvgIpc) is 2.60. The van der Waals surface area contributed by atoms with E-state index in [-0.39, 0.29) is 18.3 Å². The van der Waals surface area contributed by atoms with Crippen LogP contribution in [0, 0.1) is 11.8 Å². The van der Waals surface area contributed by atoms with Crippen LogP contribution < -0.4 is 20.1 Å². The monoisotopic (exact) mass is 356 g/mol. The Balaban J connectivity index is 0.00000288. The number of nitrogens with one attached hydrogen (secondary N) is 2. The van der Waals surface area contributed by atoms with Crippen LogP contribution in [0.1, 0.15) is 26.2 Å². The molecule has 0 bridgehead atoms. The molecule has 2 N–H and O–H groups in total. The van der Waals surface area contributed by atoms with Crippen molar-refractivity contribution in [1.82, 2.24) is 10.6 Å². The van der Waals surface area contributed by atoms with Gasteiger partial charge in [-0.1, -0.05) is 6.92 Å². The minimum Gasteiger partial charge on any atom is -0.497 e. The van der Waals surface area contributed by atoms with Gasteiger partial charge in [-0.2, -0.15) is 0 Å². The predicted molar refractivity (Wildman–Crippen MR) is 98.1 cm³/mol. The molecular formula is C18H29ClN2O3. The number of rotatable bonds is 8. The van der Waals surface area contributed by atoms with Gasteiger partial charge in [-0.05, 0) is 62.0 Å². The van der Waals surface area contributed by atoms with Gasteiger partial charge in [0.15, 0.2) is 0 Å². The van der Waals surface area contributed by atoms with Crippen molar-refractivity contribution in [2.75, 3.05) is 33.4 Å². The van der Waals surface area contributed by atoms with E-state index in [1.807, 2.05) is 24.3 Å². The second-order valence-corrected chi connectivity index (χ2v) is 6.14. The third kappa shape index (κ3) is 6.97. The highest BCUT2D eigenvalue weighted by molar-refractivity contribution is 5.85. The van der Waals surface area contributed by atoms with E-state index < -0.39 is 0 Å². The van der Waals surface area contributed by atoms with Crippen molar-refractivity contribution in [2.45, 2.75) is 26.2 Å². The highest BCUT2D eigenvalue weighted by atomic mass is 35.5. The first kappa shape index (κ1) is 20.6. The fourth-order valence-electron chi connectivity index (χ4n) is 2.98. The molecule has 0 saturated carbocycles. The average molecular weight is 357 g/mol. The Labute approximate surface area is 150 Å². The van der Waals surface area contributed by atoms with Gasteiger partial charge in [0.2, 0.25) is 5.91 Å². The number of carbonyl (C=O) groups excluding carboxylic acids is 1.